The van der Waals surface area contributed by atoms with Crippen LogP contribution in [-0.2, 0) is 4.79 Å². The second-order valence-corrected chi connectivity index (χ2v) is 8.45. The number of anilines is 2. The molecule has 1 aliphatic rings. The third-order valence-corrected chi connectivity index (χ3v) is 6.18. The highest BCUT2D eigenvalue weighted by Crippen LogP contribution is 2.40. The van der Waals surface area contributed by atoms with Crippen LogP contribution in [0.15, 0.2) is 61.2 Å². The molecule has 0 saturated carbocycles. The van der Waals surface area contributed by atoms with Crippen molar-refractivity contribution < 1.29 is 14.0 Å². The number of hydrogen-bond acceptors (Lipinski definition) is 6. The van der Waals surface area contributed by atoms with Gasteiger partial charge in [-0.15, -0.1) is 0 Å². The van der Waals surface area contributed by atoms with E-state index in [1.54, 1.807) is 16.8 Å². The molecule has 1 aliphatic heterocycles. The summed E-state index contributed by atoms with van der Waals surface area (Å²) >= 11 is 0. The van der Waals surface area contributed by atoms with Crippen molar-refractivity contribution in [2.24, 2.45) is 0 Å². The van der Waals surface area contributed by atoms with E-state index in [9.17, 15) is 14.0 Å². The Hall–Kier alpha value is -4.93. The molecule has 0 bridgehead atoms. The molecular weight excluding hydrogens is 463 g/mol. The predicted molar refractivity (Wildman–Crippen MR) is 129 cm³/mol. The Bertz CT molecular complexity index is 1620. The fourth-order valence-corrected chi connectivity index (χ4v) is 4.50. The highest BCUT2D eigenvalue weighted by Gasteiger charge is 2.33. The molecule has 4 heterocycles. The Kier molecular flexibility index (Phi) is 5.03. The summed E-state index contributed by atoms with van der Waals surface area (Å²) in [4.78, 5) is 41.1. The lowest BCUT2D eigenvalue weighted by molar-refractivity contribution is -0.116. The first-order valence-corrected chi connectivity index (χ1v) is 11.2. The van der Waals surface area contributed by atoms with Gasteiger partial charge in [-0.05, 0) is 48.9 Å². The number of imidazole rings is 1. The summed E-state index contributed by atoms with van der Waals surface area (Å²) in [6, 6.07) is 12.6. The van der Waals surface area contributed by atoms with Crippen LogP contribution in [0, 0.1) is 12.7 Å². The molecule has 11 heteroatoms. The van der Waals surface area contributed by atoms with Gasteiger partial charge >= 0.3 is 0 Å². The van der Waals surface area contributed by atoms with Crippen molar-refractivity contribution in [3.63, 3.8) is 0 Å². The molecule has 10 nitrogen and oxygen atoms in total. The molecule has 3 aromatic heterocycles. The van der Waals surface area contributed by atoms with Gasteiger partial charge in [0.25, 0.3) is 5.91 Å². The maximum atomic E-state index is 13.1. The van der Waals surface area contributed by atoms with Crippen molar-refractivity contribution >= 4 is 34.5 Å². The zero-order valence-electron chi connectivity index (χ0n) is 19.0. The average molecular weight is 482 g/mol. The molecule has 2 amide bonds. The Morgan fingerprint density at radius 3 is 2.64 bits per heavy atom. The number of carbonyl (C=O) groups excluding carboxylic acids is 2. The van der Waals surface area contributed by atoms with Crippen molar-refractivity contribution in [2.45, 2.75) is 19.3 Å². The molecule has 0 spiro atoms. The van der Waals surface area contributed by atoms with Crippen molar-refractivity contribution in [1.82, 2.24) is 29.7 Å². The second-order valence-electron chi connectivity index (χ2n) is 8.45. The number of aromatic nitrogens is 6. The summed E-state index contributed by atoms with van der Waals surface area (Å²) in [6.07, 6.45) is 3.17. The van der Waals surface area contributed by atoms with Gasteiger partial charge in [0.05, 0.1) is 12.0 Å². The number of amides is 2. The third kappa shape index (κ3) is 3.66. The van der Waals surface area contributed by atoms with E-state index in [1.165, 1.54) is 36.9 Å². The number of nitrogens with one attached hydrogen (secondary N) is 3. The Morgan fingerprint density at radius 1 is 1.08 bits per heavy atom. The smallest absolute Gasteiger partial charge is 0.255 e. The first-order valence-electron chi connectivity index (χ1n) is 11.2. The molecule has 6 rings (SSSR count). The van der Waals surface area contributed by atoms with Gasteiger partial charge in [0.15, 0.2) is 11.5 Å². The number of fused-ring (bicyclic) bond motifs is 2. The number of H-pyrrole nitrogens is 1. The van der Waals surface area contributed by atoms with E-state index in [1.807, 2.05) is 19.1 Å². The standard InChI is InChI=1S/C25H19FN8O2/c1-13-20-18(14-2-4-15(5-3-14)25(36)31-17-8-6-16(26)7-9-17)10-19(35)32-23(20)34(33-13)24-21-22(28-11-27-21)29-12-30-24/h2-9,11-12,18H,10H2,1H3,(H,31,36)(H,32,35)(H,27,28,29,30). The number of benzene rings is 2. The van der Waals surface area contributed by atoms with Gasteiger partial charge in [-0.1, -0.05) is 12.1 Å². The Balaban J connectivity index is 1.33. The number of carbonyl (C=O) groups is 2. The molecule has 0 radical (unpaired) electrons. The van der Waals surface area contributed by atoms with Gasteiger partial charge in [-0.25, -0.2) is 19.3 Å². The normalized spacial score (nSPS) is 14.9. The van der Waals surface area contributed by atoms with Gasteiger partial charge in [-0.2, -0.15) is 9.78 Å². The second kappa shape index (κ2) is 8.38. The van der Waals surface area contributed by atoms with Crippen molar-refractivity contribution in [3.8, 4) is 5.82 Å². The van der Waals surface area contributed by atoms with E-state index in [4.69, 9.17) is 0 Å². The Labute approximate surface area is 203 Å². The molecular formula is C25H19FN8O2. The minimum Gasteiger partial charge on any atom is -0.340 e. The molecule has 36 heavy (non-hydrogen) atoms. The van der Waals surface area contributed by atoms with Gasteiger partial charge < -0.3 is 15.6 Å². The highest BCUT2D eigenvalue weighted by molar-refractivity contribution is 6.04. The molecule has 0 saturated heterocycles. The largest absolute Gasteiger partial charge is 0.340 e. The third-order valence-electron chi connectivity index (χ3n) is 6.18. The summed E-state index contributed by atoms with van der Waals surface area (Å²) in [5.41, 5.74) is 4.55. The summed E-state index contributed by atoms with van der Waals surface area (Å²) in [6.45, 7) is 1.88. The van der Waals surface area contributed by atoms with E-state index in [2.05, 4.69) is 35.7 Å². The zero-order chi connectivity index (χ0) is 24.8. The first kappa shape index (κ1) is 21.6. The zero-order valence-corrected chi connectivity index (χ0v) is 19.0. The van der Waals surface area contributed by atoms with Crippen LogP contribution >= 0.6 is 0 Å². The van der Waals surface area contributed by atoms with E-state index in [0.717, 1.165) is 16.8 Å². The van der Waals surface area contributed by atoms with Crippen LogP contribution in [0.25, 0.3) is 17.0 Å². The minimum atomic E-state index is -0.374. The molecule has 178 valence electrons. The van der Waals surface area contributed by atoms with Gasteiger partial charge in [-0.3, -0.25) is 9.59 Å². The molecule has 1 atom stereocenters. The van der Waals surface area contributed by atoms with Crippen LogP contribution in [0.2, 0.25) is 0 Å². The molecule has 2 aromatic carbocycles. The number of aryl methyl sites for hydroxylation is 1. The lowest BCUT2D eigenvalue weighted by Crippen LogP contribution is -2.25. The topological polar surface area (TPSA) is 130 Å². The molecule has 0 aliphatic carbocycles. The number of halogens is 1. The van der Waals surface area contributed by atoms with Gasteiger partial charge in [0.1, 0.15) is 23.5 Å². The monoisotopic (exact) mass is 482 g/mol. The van der Waals surface area contributed by atoms with E-state index < -0.39 is 0 Å². The van der Waals surface area contributed by atoms with Crippen LogP contribution in [0.1, 0.15) is 39.5 Å². The molecule has 3 N–H and O–H groups in total. The quantitative estimate of drug-likeness (QED) is 0.358. The number of hydrogen-bond donors (Lipinski definition) is 3. The number of nitrogens with zero attached hydrogens (tertiary/aromatic N) is 5. The fourth-order valence-electron chi connectivity index (χ4n) is 4.50. The summed E-state index contributed by atoms with van der Waals surface area (Å²) in [5.74, 6) is -0.0679. The number of rotatable bonds is 4. The van der Waals surface area contributed by atoms with Crippen LogP contribution in [0.4, 0.5) is 15.9 Å². The maximum Gasteiger partial charge on any atom is 0.255 e. The van der Waals surface area contributed by atoms with Crippen molar-refractivity contribution in [2.75, 3.05) is 10.6 Å². The summed E-state index contributed by atoms with van der Waals surface area (Å²) in [7, 11) is 0. The summed E-state index contributed by atoms with van der Waals surface area (Å²) in [5, 5.41) is 10.4. The van der Waals surface area contributed by atoms with Crippen molar-refractivity contribution in [1.29, 1.82) is 0 Å². The van der Waals surface area contributed by atoms with Gasteiger partial charge in [0.2, 0.25) is 5.91 Å². The van der Waals surface area contributed by atoms with Crippen LogP contribution in [0.5, 0.6) is 0 Å². The maximum absolute atomic E-state index is 13.1. The van der Waals surface area contributed by atoms with E-state index in [-0.39, 0.29) is 30.0 Å². The van der Waals surface area contributed by atoms with Crippen LogP contribution in [-0.4, -0.2) is 41.5 Å². The molecule has 1 unspecified atom stereocenters. The van der Waals surface area contributed by atoms with E-state index in [0.29, 0.717) is 34.1 Å². The first-order chi connectivity index (χ1) is 17.5. The molecule has 5 aromatic rings. The lowest BCUT2D eigenvalue weighted by atomic mass is 9.85. The van der Waals surface area contributed by atoms with Crippen molar-refractivity contribution in [3.05, 3.63) is 89.4 Å². The minimum absolute atomic E-state index is 0.151. The van der Waals surface area contributed by atoms with Gasteiger partial charge in [0, 0.05) is 29.2 Å². The van der Waals surface area contributed by atoms with Crippen LogP contribution < -0.4 is 10.6 Å². The average Bonchev–Trinajstić information content (AvgIpc) is 3.49. The molecule has 0 fully saturated rings. The lowest BCUT2D eigenvalue weighted by Gasteiger charge is -2.24. The predicted octanol–water partition coefficient (Wildman–Crippen LogP) is 3.71. The Morgan fingerprint density at radius 2 is 1.86 bits per heavy atom. The highest BCUT2D eigenvalue weighted by atomic mass is 19.1. The summed E-state index contributed by atoms with van der Waals surface area (Å²) < 4.78 is 14.7. The van der Waals surface area contributed by atoms with E-state index >= 15 is 0 Å². The fraction of sp³-hybridized carbons (Fsp3) is 0.120. The number of aromatic amines is 1. The van der Waals surface area contributed by atoms with Crippen LogP contribution in [0.3, 0.4) is 0 Å². The SMILES string of the molecule is Cc1nn(-c2ncnc3nc[nH]c23)c2c1C(c1ccc(C(=O)Nc3ccc(F)cc3)cc1)CC(=O)N2.